The fourth-order valence-corrected chi connectivity index (χ4v) is 2.87. The topological polar surface area (TPSA) is 49.4 Å². The Bertz CT molecular complexity index is 564. The van der Waals surface area contributed by atoms with Gasteiger partial charge in [-0.1, -0.05) is 12.1 Å². The highest BCUT2D eigenvalue weighted by Crippen LogP contribution is 2.23. The summed E-state index contributed by atoms with van der Waals surface area (Å²) < 4.78 is 13.1. The van der Waals surface area contributed by atoms with Crippen molar-refractivity contribution in [3.05, 3.63) is 35.6 Å². The second kappa shape index (κ2) is 6.46. The first-order valence-corrected chi connectivity index (χ1v) is 7.94. The molecule has 2 amide bonds. The maximum atomic E-state index is 13.1. The number of amides is 2. The van der Waals surface area contributed by atoms with Crippen LogP contribution in [0.5, 0.6) is 0 Å². The summed E-state index contributed by atoms with van der Waals surface area (Å²) in [5.74, 6) is -0.147. The van der Waals surface area contributed by atoms with Gasteiger partial charge in [0.15, 0.2) is 0 Å². The highest BCUT2D eigenvalue weighted by molar-refractivity contribution is 5.81. The van der Waals surface area contributed by atoms with E-state index < -0.39 is 0 Å². The standard InChI is InChI=1S/C17H21FN2O2/c18-14-3-1-2-12(10-14)11-16(21)20-8-6-13(7-9-20)17(22)19-15-4-5-15/h1-3,10,13,15H,4-9,11H2,(H,19,22). The molecule has 0 unspecified atom stereocenters. The van der Waals surface area contributed by atoms with Crippen LogP contribution in [0.1, 0.15) is 31.2 Å². The number of likely N-dealkylation sites (tertiary alicyclic amines) is 1. The number of piperidine rings is 1. The number of hydrogen-bond donors (Lipinski definition) is 1. The highest BCUT2D eigenvalue weighted by atomic mass is 19.1. The lowest BCUT2D eigenvalue weighted by atomic mass is 9.95. The normalized spacial score (nSPS) is 19.0. The molecule has 1 aromatic carbocycles. The van der Waals surface area contributed by atoms with Gasteiger partial charge in [0.25, 0.3) is 0 Å². The Morgan fingerprint density at radius 2 is 1.91 bits per heavy atom. The summed E-state index contributed by atoms with van der Waals surface area (Å²) in [6.07, 6.45) is 3.84. The summed E-state index contributed by atoms with van der Waals surface area (Å²) in [4.78, 5) is 26.0. The molecular weight excluding hydrogens is 283 g/mol. The van der Waals surface area contributed by atoms with Gasteiger partial charge in [0.05, 0.1) is 6.42 Å². The Morgan fingerprint density at radius 3 is 2.55 bits per heavy atom. The third kappa shape index (κ3) is 3.84. The van der Waals surface area contributed by atoms with Gasteiger partial charge < -0.3 is 10.2 Å². The maximum absolute atomic E-state index is 13.1. The average Bonchev–Trinajstić information content (AvgIpc) is 3.31. The molecule has 5 heteroatoms. The zero-order chi connectivity index (χ0) is 15.5. The molecule has 1 aliphatic heterocycles. The Balaban J connectivity index is 1.48. The molecule has 1 aromatic rings. The summed E-state index contributed by atoms with van der Waals surface area (Å²) in [5.41, 5.74) is 0.693. The predicted molar refractivity (Wildman–Crippen MR) is 80.6 cm³/mol. The lowest BCUT2D eigenvalue weighted by molar-refractivity contribution is -0.135. The second-order valence-corrected chi connectivity index (χ2v) is 6.24. The van der Waals surface area contributed by atoms with Gasteiger partial charge in [-0.05, 0) is 43.4 Å². The van der Waals surface area contributed by atoms with E-state index in [4.69, 9.17) is 0 Å². The number of hydrogen-bond acceptors (Lipinski definition) is 2. The Morgan fingerprint density at radius 1 is 1.18 bits per heavy atom. The molecule has 118 valence electrons. The van der Waals surface area contributed by atoms with Crippen LogP contribution >= 0.6 is 0 Å². The van der Waals surface area contributed by atoms with E-state index in [1.807, 2.05) is 0 Å². The second-order valence-electron chi connectivity index (χ2n) is 6.24. The monoisotopic (exact) mass is 304 g/mol. The minimum absolute atomic E-state index is 0.00616. The van der Waals surface area contributed by atoms with Crippen LogP contribution in [0.15, 0.2) is 24.3 Å². The van der Waals surface area contributed by atoms with Crippen LogP contribution in [-0.2, 0) is 16.0 Å². The zero-order valence-electron chi connectivity index (χ0n) is 12.6. The summed E-state index contributed by atoms with van der Waals surface area (Å²) in [6.45, 7) is 1.22. The molecular formula is C17H21FN2O2. The Kier molecular flexibility index (Phi) is 4.41. The number of nitrogens with zero attached hydrogens (tertiary/aromatic N) is 1. The first-order valence-electron chi connectivity index (χ1n) is 7.94. The number of rotatable bonds is 4. The van der Waals surface area contributed by atoms with E-state index in [2.05, 4.69) is 5.32 Å². The highest BCUT2D eigenvalue weighted by Gasteiger charge is 2.30. The fourth-order valence-electron chi connectivity index (χ4n) is 2.87. The van der Waals surface area contributed by atoms with Crippen LogP contribution in [0.3, 0.4) is 0 Å². The summed E-state index contributed by atoms with van der Waals surface area (Å²) in [7, 11) is 0. The van der Waals surface area contributed by atoms with Gasteiger partial charge in [-0.15, -0.1) is 0 Å². The van der Waals surface area contributed by atoms with Crippen molar-refractivity contribution >= 4 is 11.8 Å². The Labute approximate surface area is 129 Å². The smallest absolute Gasteiger partial charge is 0.226 e. The molecule has 0 atom stereocenters. The third-order valence-corrected chi connectivity index (χ3v) is 4.39. The Hall–Kier alpha value is -1.91. The van der Waals surface area contributed by atoms with E-state index in [-0.39, 0.29) is 30.0 Å². The molecule has 1 saturated heterocycles. The predicted octanol–water partition coefficient (Wildman–Crippen LogP) is 1.89. The minimum Gasteiger partial charge on any atom is -0.353 e. The zero-order valence-corrected chi connectivity index (χ0v) is 12.6. The van der Waals surface area contributed by atoms with Crippen molar-refractivity contribution in [3.8, 4) is 0 Å². The van der Waals surface area contributed by atoms with Gasteiger partial charge in [-0.3, -0.25) is 9.59 Å². The molecule has 2 fully saturated rings. The number of benzene rings is 1. The van der Waals surface area contributed by atoms with Crippen molar-refractivity contribution < 1.29 is 14.0 Å². The molecule has 0 radical (unpaired) electrons. The SMILES string of the molecule is O=C(NC1CC1)C1CCN(C(=O)Cc2cccc(F)c2)CC1. The van der Waals surface area contributed by atoms with Gasteiger partial charge in [0.2, 0.25) is 11.8 Å². The summed E-state index contributed by atoms with van der Waals surface area (Å²) in [5, 5.41) is 3.03. The molecule has 2 aliphatic rings. The number of nitrogens with one attached hydrogen (secondary N) is 1. The van der Waals surface area contributed by atoms with Crippen molar-refractivity contribution in [1.29, 1.82) is 0 Å². The van der Waals surface area contributed by atoms with Crippen LogP contribution in [-0.4, -0.2) is 35.8 Å². The molecule has 0 spiro atoms. The molecule has 1 saturated carbocycles. The van der Waals surface area contributed by atoms with E-state index in [1.165, 1.54) is 12.1 Å². The van der Waals surface area contributed by atoms with Gasteiger partial charge in [-0.25, -0.2) is 4.39 Å². The van der Waals surface area contributed by atoms with Crippen LogP contribution < -0.4 is 5.32 Å². The molecule has 22 heavy (non-hydrogen) atoms. The lowest BCUT2D eigenvalue weighted by Crippen LogP contribution is -2.43. The maximum Gasteiger partial charge on any atom is 0.226 e. The molecule has 1 aliphatic carbocycles. The quantitative estimate of drug-likeness (QED) is 0.923. The summed E-state index contributed by atoms with van der Waals surface area (Å²) in [6, 6.07) is 6.54. The average molecular weight is 304 g/mol. The molecule has 1 heterocycles. The largest absolute Gasteiger partial charge is 0.353 e. The van der Waals surface area contributed by atoms with Crippen molar-refractivity contribution in [2.75, 3.05) is 13.1 Å². The molecule has 4 nitrogen and oxygen atoms in total. The lowest BCUT2D eigenvalue weighted by Gasteiger charge is -2.31. The van der Waals surface area contributed by atoms with E-state index in [0.717, 1.165) is 12.8 Å². The van der Waals surface area contributed by atoms with E-state index in [0.29, 0.717) is 37.5 Å². The first-order chi connectivity index (χ1) is 10.6. The minimum atomic E-state index is -0.319. The van der Waals surface area contributed by atoms with Crippen LogP contribution in [0, 0.1) is 11.7 Å². The summed E-state index contributed by atoms with van der Waals surface area (Å²) >= 11 is 0. The van der Waals surface area contributed by atoms with Crippen molar-refractivity contribution in [1.82, 2.24) is 10.2 Å². The van der Waals surface area contributed by atoms with E-state index in [1.54, 1.807) is 17.0 Å². The van der Waals surface area contributed by atoms with E-state index in [9.17, 15) is 14.0 Å². The van der Waals surface area contributed by atoms with Gasteiger partial charge >= 0.3 is 0 Å². The number of halogens is 1. The number of carbonyl (C=O) groups excluding carboxylic acids is 2. The third-order valence-electron chi connectivity index (χ3n) is 4.39. The first kappa shape index (κ1) is 15.0. The molecule has 0 aromatic heterocycles. The van der Waals surface area contributed by atoms with E-state index >= 15 is 0 Å². The van der Waals surface area contributed by atoms with Crippen LogP contribution in [0.25, 0.3) is 0 Å². The van der Waals surface area contributed by atoms with Crippen molar-refractivity contribution in [2.45, 2.75) is 38.1 Å². The van der Waals surface area contributed by atoms with Gasteiger partial charge in [0, 0.05) is 25.0 Å². The van der Waals surface area contributed by atoms with Crippen molar-refractivity contribution in [3.63, 3.8) is 0 Å². The van der Waals surface area contributed by atoms with Crippen molar-refractivity contribution in [2.24, 2.45) is 5.92 Å². The van der Waals surface area contributed by atoms with Gasteiger partial charge in [0.1, 0.15) is 5.82 Å². The van der Waals surface area contributed by atoms with Gasteiger partial charge in [-0.2, -0.15) is 0 Å². The molecule has 1 N–H and O–H groups in total. The number of carbonyl (C=O) groups is 2. The molecule has 0 bridgehead atoms. The fraction of sp³-hybridized carbons (Fsp3) is 0.529. The van der Waals surface area contributed by atoms with Crippen LogP contribution in [0.4, 0.5) is 4.39 Å². The van der Waals surface area contributed by atoms with Crippen LogP contribution in [0.2, 0.25) is 0 Å². The molecule has 3 rings (SSSR count).